The highest BCUT2D eigenvalue weighted by Crippen LogP contribution is 2.08. The van der Waals surface area contributed by atoms with Crippen LogP contribution in [0, 0.1) is 6.92 Å². The van der Waals surface area contributed by atoms with E-state index in [1.165, 1.54) is 12.8 Å². The Morgan fingerprint density at radius 2 is 2.50 bits per heavy atom. The zero-order valence-electron chi connectivity index (χ0n) is 9.58. The van der Waals surface area contributed by atoms with Crippen molar-refractivity contribution in [2.45, 2.75) is 32.2 Å². The fourth-order valence-electron chi connectivity index (χ4n) is 2.01. The van der Waals surface area contributed by atoms with Crippen LogP contribution in [0.2, 0.25) is 0 Å². The van der Waals surface area contributed by atoms with Crippen LogP contribution >= 0.6 is 0 Å². The van der Waals surface area contributed by atoms with Crippen molar-refractivity contribution in [3.63, 3.8) is 0 Å². The predicted molar refractivity (Wildman–Crippen MR) is 61.4 cm³/mol. The predicted octanol–water partition coefficient (Wildman–Crippen LogP) is 1.46. The number of aryl methyl sites for hydroxylation is 1. The Balaban J connectivity index is 1.71. The van der Waals surface area contributed by atoms with E-state index in [1.807, 2.05) is 6.92 Å². The van der Waals surface area contributed by atoms with Crippen molar-refractivity contribution in [1.29, 1.82) is 0 Å². The van der Waals surface area contributed by atoms with E-state index in [1.54, 1.807) is 12.1 Å². The van der Waals surface area contributed by atoms with Gasteiger partial charge < -0.3 is 15.1 Å². The zero-order chi connectivity index (χ0) is 11.4. The van der Waals surface area contributed by atoms with Crippen LogP contribution in [0.1, 0.15) is 35.6 Å². The minimum absolute atomic E-state index is 0.119. The molecule has 1 fully saturated rings. The van der Waals surface area contributed by atoms with Crippen LogP contribution in [0.4, 0.5) is 0 Å². The normalized spacial score (nSPS) is 19.9. The number of hydrogen-bond acceptors (Lipinski definition) is 3. The smallest absolute Gasteiger partial charge is 0.286 e. The van der Waals surface area contributed by atoms with Crippen LogP contribution in [0.3, 0.4) is 0 Å². The van der Waals surface area contributed by atoms with Crippen LogP contribution in [-0.2, 0) is 0 Å². The molecule has 4 heteroatoms. The Labute approximate surface area is 95.4 Å². The molecule has 2 heterocycles. The maximum Gasteiger partial charge on any atom is 0.286 e. The van der Waals surface area contributed by atoms with Crippen molar-refractivity contribution >= 4 is 5.91 Å². The SMILES string of the molecule is Cc1ccc(C(=O)NCC[C@@H]2CCCN2)o1. The fraction of sp³-hybridized carbons (Fsp3) is 0.583. The van der Waals surface area contributed by atoms with E-state index in [2.05, 4.69) is 10.6 Å². The molecule has 0 unspecified atom stereocenters. The van der Waals surface area contributed by atoms with Crippen molar-refractivity contribution in [1.82, 2.24) is 10.6 Å². The lowest BCUT2D eigenvalue weighted by molar-refractivity contribution is 0.0923. The lowest BCUT2D eigenvalue weighted by atomic mass is 10.1. The first-order valence-electron chi connectivity index (χ1n) is 5.84. The van der Waals surface area contributed by atoms with Gasteiger partial charge in [-0.25, -0.2) is 0 Å². The van der Waals surface area contributed by atoms with E-state index in [0.29, 0.717) is 18.3 Å². The Morgan fingerprint density at radius 3 is 3.12 bits per heavy atom. The molecule has 1 aromatic rings. The number of rotatable bonds is 4. The number of nitrogens with one attached hydrogen (secondary N) is 2. The van der Waals surface area contributed by atoms with E-state index < -0.39 is 0 Å². The fourth-order valence-corrected chi connectivity index (χ4v) is 2.01. The Kier molecular flexibility index (Phi) is 3.62. The molecular weight excluding hydrogens is 204 g/mol. The third-order valence-corrected chi connectivity index (χ3v) is 2.90. The molecule has 0 spiro atoms. The van der Waals surface area contributed by atoms with Gasteiger partial charge in [0.15, 0.2) is 5.76 Å². The summed E-state index contributed by atoms with van der Waals surface area (Å²) in [5.74, 6) is 1.05. The molecule has 1 aliphatic rings. The third-order valence-electron chi connectivity index (χ3n) is 2.90. The molecule has 1 atom stereocenters. The van der Waals surface area contributed by atoms with E-state index >= 15 is 0 Å². The molecule has 16 heavy (non-hydrogen) atoms. The minimum Gasteiger partial charge on any atom is -0.456 e. The largest absolute Gasteiger partial charge is 0.456 e. The van der Waals surface area contributed by atoms with Gasteiger partial charge in [0.25, 0.3) is 5.91 Å². The molecule has 88 valence electrons. The topological polar surface area (TPSA) is 54.3 Å². The van der Waals surface area contributed by atoms with Gasteiger partial charge in [-0.3, -0.25) is 4.79 Å². The second-order valence-electron chi connectivity index (χ2n) is 4.25. The first kappa shape index (κ1) is 11.2. The number of hydrogen-bond donors (Lipinski definition) is 2. The van der Waals surface area contributed by atoms with Crippen LogP contribution in [-0.4, -0.2) is 25.0 Å². The van der Waals surface area contributed by atoms with Crippen LogP contribution in [0.15, 0.2) is 16.5 Å². The summed E-state index contributed by atoms with van der Waals surface area (Å²) < 4.78 is 5.24. The van der Waals surface area contributed by atoms with Crippen LogP contribution in [0.5, 0.6) is 0 Å². The van der Waals surface area contributed by atoms with Gasteiger partial charge in [-0.1, -0.05) is 0 Å². The van der Waals surface area contributed by atoms with Gasteiger partial charge in [-0.15, -0.1) is 0 Å². The quantitative estimate of drug-likeness (QED) is 0.811. The molecule has 4 nitrogen and oxygen atoms in total. The highest BCUT2D eigenvalue weighted by Gasteiger charge is 2.14. The van der Waals surface area contributed by atoms with Gasteiger partial charge >= 0.3 is 0 Å². The molecular formula is C12H18N2O2. The Bertz CT molecular complexity index is 354. The van der Waals surface area contributed by atoms with Crippen molar-refractivity contribution in [3.8, 4) is 0 Å². The molecule has 2 N–H and O–H groups in total. The summed E-state index contributed by atoms with van der Waals surface area (Å²) in [4.78, 5) is 11.6. The maximum atomic E-state index is 11.6. The van der Waals surface area contributed by atoms with Gasteiger partial charge in [0.1, 0.15) is 5.76 Å². The molecule has 1 aliphatic heterocycles. The molecule has 1 aromatic heterocycles. The molecule has 0 aliphatic carbocycles. The number of amides is 1. The second kappa shape index (κ2) is 5.16. The first-order valence-corrected chi connectivity index (χ1v) is 5.84. The average molecular weight is 222 g/mol. The molecule has 2 rings (SSSR count). The van der Waals surface area contributed by atoms with Gasteiger partial charge in [0.05, 0.1) is 0 Å². The summed E-state index contributed by atoms with van der Waals surface area (Å²) in [6, 6.07) is 4.07. The molecule has 1 amide bonds. The van der Waals surface area contributed by atoms with Crippen molar-refractivity contribution < 1.29 is 9.21 Å². The van der Waals surface area contributed by atoms with E-state index in [0.717, 1.165) is 18.7 Å². The minimum atomic E-state index is -0.119. The van der Waals surface area contributed by atoms with Crippen LogP contribution < -0.4 is 10.6 Å². The lowest BCUT2D eigenvalue weighted by Crippen LogP contribution is -2.30. The van der Waals surface area contributed by atoms with E-state index in [9.17, 15) is 4.79 Å². The van der Waals surface area contributed by atoms with Gasteiger partial charge in [-0.05, 0) is 44.9 Å². The highest BCUT2D eigenvalue weighted by molar-refractivity contribution is 5.91. The Morgan fingerprint density at radius 1 is 1.62 bits per heavy atom. The van der Waals surface area contributed by atoms with E-state index in [4.69, 9.17) is 4.42 Å². The Hall–Kier alpha value is -1.29. The van der Waals surface area contributed by atoms with Crippen molar-refractivity contribution in [2.24, 2.45) is 0 Å². The number of carbonyl (C=O) groups is 1. The van der Waals surface area contributed by atoms with Crippen molar-refractivity contribution in [2.75, 3.05) is 13.1 Å². The summed E-state index contributed by atoms with van der Waals surface area (Å²) in [6.07, 6.45) is 3.46. The summed E-state index contributed by atoms with van der Waals surface area (Å²) in [7, 11) is 0. The monoisotopic (exact) mass is 222 g/mol. The van der Waals surface area contributed by atoms with Gasteiger partial charge in [-0.2, -0.15) is 0 Å². The summed E-state index contributed by atoms with van der Waals surface area (Å²) in [5, 5.41) is 6.27. The molecule has 1 saturated heterocycles. The third kappa shape index (κ3) is 2.85. The lowest BCUT2D eigenvalue weighted by Gasteiger charge is -2.09. The maximum absolute atomic E-state index is 11.6. The molecule has 0 saturated carbocycles. The number of furan rings is 1. The van der Waals surface area contributed by atoms with Crippen LogP contribution in [0.25, 0.3) is 0 Å². The molecule has 0 bridgehead atoms. The van der Waals surface area contributed by atoms with Crippen molar-refractivity contribution in [3.05, 3.63) is 23.7 Å². The molecule has 0 radical (unpaired) electrons. The standard InChI is InChI=1S/C12H18N2O2/c1-9-4-5-11(16-9)12(15)14-8-6-10-3-2-7-13-10/h4-5,10,13H,2-3,6-8H2,1H3,(H,14,15)/t10-/m0/s1. The average Bonchev–Trinajstić information content (AvgIpc) is 2.89. The van der Waals surface area contributed by atoms with E-state index in [-0.39, 0.29) is 5.91 Å². The highest BCUT2D eigenvalue weighted by atomic mass is 16.3. The molecule has 0 aromatic carbocycles. The summed E-state index contributed by atoms with van der Waals surface area (Å²) >= 11 is 0. The van der Waals surface area contributed by atoms with Gasteiger partial charge in [0.2, 0.25) is 0 Å². The zero-order valence-corrected chi connectivity index (χ0v) is 9.58. The summed E-state index contributed by atoms with van der Waals surface area (Å²) in [6.45, 7) is 3.64. The second-order valence-corrected chi connectivity index (χ2v) is 4.25. The van der Waals surface area contributed by atoms with Gasteiger partial charge in [0, 0.05) is 12.6 Å². The number of carbonyl (C=O) groups excluding carboxylic acids is 1. The first-order chi connectivity index (χ1) is 7.75. The summed E-state index contributed by atoms with van der Waals surface area (Å²) in [5.41, 5.74) is 0.